The van der Waals surface area contributed by atoms with Crippen molar-refractivity contribution < 1.29 is 8.78 Å². The summed E-state index contributed by atoms with van der Waals surface area (Å²) in [5.74, 6) is -0.881. The van der Waals surface area contributed by atoms with Gasteiger partial charge in [-0.2, -0.15) is 0 Å². The van der Waals surface area contributed by atoms with Gasteiger partial charge in [-0.1, -0.05) is 242 Å². The molecule has 0 amide bonds. The summed E-state index contributed by atoms with van der Waals surface area (Å²) >= 11 is 1.47. The number of hydrogen-bond donors (Lipinski definition) is 0. The molecule has 5 nitrogen and oxygen atoms in total. The largest absolute Gasteiger partial charge is 0.311 e. The molecule has 0 bridgehead atoms. The molecule has 0 atom stereocenters. The lowest BCUT2D eigenvalue weighted by molar-refractivity contribution is 0.603. The first-order chi connectivity index (χ1) is 46.5. The number of anilines is 15. The lowest BCUT2D eigenvalue weighted by atomic mass is 9.31. The smallest absolute Gasteiger partial charge is 0.252 e. The Kier molecular flexibility index (Phi) is 13.3. The van der Waals surface area contributed by atoms with Gasteiger partial charge < -0.3 is 24.5 Å². The maximum atomic E-state index is 20.4. The van der Waals surface area contributed by atoms with Crippen molar-refractivity contribution >= 4 is 143 Å². The fourth-order valence-corrected chi connectivity index (χ4v) is 16.3. The second-order valence-electron chi connectivity index (χ2n) is 24.1. The minimum absolute atomic E-state index is 0.244. The molecule has 4 aliphatic heterocycles. The lowest BCUT2D eigenvalue weighted by Crippen LogP contribution is -2.65. The summed E-state index contributed by atoms with van der Waals surface area (Å²) in [4.78, 5) is 12.7. The van der Waals surface area contributed by atoms with E-state index < -0.39 is 25.1 Å². The summed E-state index contributed by atoms with van der Waals surface area (Å²) in [6.07, 6.45) is 0. The van der Waals surface area contributed by atoms with Gasteiger partial charge in [0.05, 0.1) is 28.4 Å². The molecule has 0 unspecified atom stereocenters. The van der Waals surface area contributed by atoms with Gasteiger partial charge in [0.25, 0.3) is 6.71 Å². The average molecular weight is 1230 g/mol. The van der Waals surface area contributed by atoms with E-state index in [9.17, 15) is 0 Å². The van der Waals surface area contributed by atoms with E-state index in [-0.39, 0.29) is 5.69 Å². The topological polar surface area (TPSA) is 16.2 Å². The zero-order chi connectivity index (χ0) is 62.4. The van der Waals surface area contributed by atoms with E-state index in [1.807, 2.05) is 53.4 Å². The molecule has 18 rings (SSSR count). The molecule has 0 aromatic heterocycles. The summed E-state index contributed by atoms with van der Waals surface area (Å²) in [7, 11) is 0. The first kappa shape index (κ1) is 55.3. The van der Waals surface area contributed by atoms with Crippen LogP contribution in [0.1, 0.15) is 0 Å². The second kappa shape index (κ2) is 22.7. The van der Waals surface area contributed by atoms with E-state index >= 15 is 8.78 Å². The number of para-hydroxylation sites is 9. The maximum absolute atomic E-state index is 20.4. The highest BCUT2D eigenvalue weighted by molar-refractivity contribution is 8.00. The summed E-state index contributed by atoms with van der Waals surface area (Å²) in [5, 5.41) is 0. The molecule has 0 radical (unpaired) electrons. The molecule has 4 aliphatic rings. The molecule has 0 fully saturated rings. The number of hydrogen-bond acceptors (Lipinski definition) is 6. The van der Waals surface area contributed by atoms with Crippen LogP contribution in [0.25, 0.3) is 22.3 Å². The third kappa shape index (κ3) is 8.85. The Bertz CT molecular complexity index is 5220. The first-order valence-electron chi connectivity index (χ1n) is 31.9. The molecule has 14 aromatic carbocycles. The van der Waals surface area contributed by atoms with Gasteiger partial charge in [0.15, 0.2) is 5.82 Å². The minimum atomic E-state index is -0.500. The van der Waals surface area contributed by atoms with Crippen molar-refractivity contribution in [3.8, 4) is 22.3 Å². The van der Waals surface area contributed by atoms with E-state index in [0.717, 1.165) is 128 Å². The zero-order valence-corrected chi connectivity index (χ0v) is 51.6. The van der Waals surface area contributed by atoms with Crippen LogP contribution in [0.5, 0.6) is 0 Å². The Morgan fingerprint density at radius 3 is 1.34 bits per heavy atom. The van der Waals surface area contributed by atoms with Crippen molar-refractivity contribution in [1.82, 2.24) is 0 Å². The summed E-state index contributed by atoms with van der Waals surface area (Å²) < 4.78 is 38.1. The van der Waals surface area contributed by atoms with Crippen LogP contribution in [0.15, 0.2) is 343 Å². The van der Waals surface area contributed by atoms with Gasteiger partial charge in [-0.25, -0.2) is 8.78 Å². The molecular formula is C84H55B2F2N5S. The summed E-state index contributed by atoms with van der Waals surface area (Å²) in [6.45, 7) is -0.941. The third-order valence-corrected chi connectivity index (χ3v) is 20.1. The molecule has 94 heavy (non-hydrogen) atoms. The van der Waals surface area contributed by atoms with Gasteiger partial charge >= 0.3 is 0 Å². The van der Waals surface area contributed by atoms with Crippen molar-refractivity contribution in [2.75, 3.05) is 24.5 Å². The molecule has 10 heteroatoms. The number of benzene rings is 14. The van der Waals surface area contributed by atoms with Crippen LogP contribution in [-0.2, 0) is 0 Å². The van der Waals surface area contributed by atoms with Crippen LogP contribution in [0, 0.1) is 11.6 Å². The first-order valence-corrected chi connectivity index (χ1v) is 32.7. The predicted octanol–water partition coefficient (Wildman–Crippen LogP) is 19.1. The van der Waals surface area contributed by atoms with Crippen molar-refractivity contribution in [2.45, 2.75) is 9.79 Å². The van der Waals surface area contributed by atoms with Gasteiger partial charge in [0, 0.05) is 77.8 Å². The normalized spacial score (nSPS) is 12.9. The summed E-state index contributed by atoms with van der Waals surface area (Å²) in [5.41, 5.74) is 22.7. The number of nitrogens with zero attached hydrogens (tertiary/aromatic N) is 5. The van der Waals surface area contributed by atoms with Crippen molar-refractivity contribution in [3.05, 3.63) is 345 Å². The summed E-state index contributed by atoms with van der Waals surface area (Å²) in [6, 6.07) is 116. The molecule has 4 heterocycles. The standard InChI is InChI=1S/C84H55B2F2N5S/c87-70-45-23-28-50-75(70)93-77-52-62(89(58-33-11-3-12-34-58)59-35-13-4-14-36-59)51-76-80(77)85(66-43-21-26-48-73(66)91(76)61-39-17-6-18-40-61)68-55-69-84(82(88)83(68)93)94-79-54-63(90(60-37-15-5-16-38-60)71-46-24-19-41-64(71)56-29-7-1-8-30-56)53-78-81(79)86(69)67-44-22-27-49-74(67)92(78)72-47-25-20-42-65(72)57-31-9-2-10-32-57/h1-55H. The molecule has 0 saturated carbocycles. The van der Waals surface area contributed by atoms with Crippen LogP contribution in [0.3, 0.4) is 0 Å². The number of rotatable bonds is 11. The molecule has 442 valence electrons. The number of halogens is 2. The van der Waals surface area contributed by atoms with E-state index in [2.05, 4.69) is 287 Å². The molecular weight excluding hydrogens is 1170 g/mol. The fourth-order valence-electron chi connectivity index (χ4n) is 15.1. The van der Waals surface area contributed by atoms with Gasteiger partial charge in [0.2, 0.25) is 6.71 Å². The second-order valence-corrected chi connectivity index (χ2v) is 25.2. The monoisotopic (exact) mass is 1230 g/mol. The van der Waals surface area contributed by atoms with E-state index in [0.29, 0.717) is 16.3 Å². The van der Waals surface area contributed by atoms with Gasteiger partial charge in [-0.15, -0.1) is 0 Å². The minimum Gasteiger partial charge on any atom is -0.311 e. The van der Waals surface area contributed by atoms with Crippen LogP contribution < -0.4 is 57.3 Å². The molecule has 0 N–H and O–H groups in total. The Morgan fingerprint density at radius 1 is 0.298 bits per heavy atom. The SMILES string of the molecule is Fc1ccccc1N1c2cc(N(c3ccccc3)c3ccccc3)cc3c2B(c2ccccc2N3c2ccccc2)c2cc3c(c(F)c21)Sc1cc(N(c2ccccc2)c2ccccc2-c2ccccc2)cc2c1B3c1ccccc1N2c1ccccc1-c1ccccc1. The van der Waals surface area contributed by atoms with Crippen molar-refractivity contribution in [2.24, 2.45) is 0 Å². The zero-order valence-electron chi connectivity index (χ0n) is 50.8. The van der Waals surface area contributed by atoms with Crippen LogP contribution in [-0.4, -0.2) is 13.4 Å². The Morgan fingerprint density at radius 2 is 0.734 bits per heavy atom. The van der Waals surface area contributed by atoms with Crippen LogP contribution >= 0.6 is 11.8 Å². The van der Waals surface area contributed by atoms with Crippen LogP contribution in [0.4, 0.5) is 94.1 Å². The molecule has 0 aliphatic carbocycles. The van der Waals surface area contributed by atoms with Gasteiger partial charge in [-0.05, 0) is 148 Å². The highest BCUT2D eigenvalue weighted by Crippen LogP contribution is 2.53. The maximum Gasteiger partial charge on any atom is 0.252 e. The quantitative estimate of drug-likeness (QED) is 0.119. The van der Waals surface area contributed by atoms with Crippen molar-refractivity contribution in [1.29, 1.82) is 0 Å². The highest BCUT2D eigenvalue weighted by atomic mass is 32.2. The number of fused-ring (bicyclic) bond motifs is 8. The van der Waals surface area contributed by atoms with Gasteiger partial charge in [-0.3, -0.25) is 0 Å². The Balaban J connectivity index is 0.937. The van der Waals surface area contributed by atoms with Crippen molar-refractivity contribution in [3.63, 3.8) is 0 Å². The van der Waals surface area contributed by atoms with E-state index in [4.69, 9.17) is 0 Å². The molecule has 0 saturated heterocycles. The van der Waals surface area contributed by atoms with Gasteiger partial charge in [0.1, 0.15) is 5.82 Å². The van der Waals surface area contributed by atoms with E-state index in [1.54, 1.807) is 12.1 Å². The van der Waals surface area contributed by atoms with Crippen LogP contribution in [0.2, 0.25) is 0 Å². The Labute approximate surface area is 550 Å². The Hall–Kier alpha value is -11.6. The molecule has 0 spiro atoms. The lowest BCUT2D eigenvalue weighted by Gasteiger charge is -2.46. The fraction of sp³-hybridized carbons (Fsp3) is 0. The third-order valence-electron chi connectivity index (χ3n) is 18.9. The highest BCUT2D eigenvalue weighted by Gasteiger charge is 2.50. The predicted molar refractivity (Wildman–Crippen MR) is 391 cm³/mol. The molecule has 14 aromatic rings. The van der Waals surface area contributed by atoms with E-state index in [1.165, 1.54) is 17.8 Å². The average Bonchev–Trinajstić information content (AvgIpc) is 0.686.